The monoisotopic (exact) mass is 862 g/mol. The van der Waals surface area contributed by atoms with Gasteiger partial charge < -0.3 is 9.80 Å². The average Bonchev–Trinajstić information content (AvgIpc) is 4.00. The molecule has 15 rings (SSSR count). The van der Waals surface area contributed by atoms with Crippen LogP contribution in [0.4, 0.5) is 34.1 Å². The summed E-state index contributed by atoms with van der Waals surface area (Å²) < 4.78 is 0. The fourth-order valence-corrected chi connectivity index (χ4v) is 13.2. The Hall–Kier alpha value is -8.72. The van der Waals surface area contributed by atoms with Crippen molar-refractivity contribution < 1.29 is 0 Å². The van der Waals surface area contributed by atoms with Crippen molar-refractivity contribution in [1.29, 1.82) is 0 Å². The van der Waals surface area contributed by atoms with E-state index < -0.39 is 10.8 Å². The molecule has 0 atom stereocenters. The molecule has 1 heterocycles. The van der Waals surface area contributed by atoms with Crippen molar-refractivity contribution in [2.45, 2.75) is 10.8 Å². The molecule has 11 aromatic rings. The highest BCUT2D eigenvalue weighted by atomic mass is 15.2. The van der Waals surface area contributed by atoms with Crippen LogP contribution < -0.4 is 9.80 Å². The summed E-state index contributed by atoms with van der Waals surface area (Å²) in [5.41, 5.74) is 24.1. The summed E-state index contributed by atoms with van der Waals surface area (Å²) in [5, 5.41) is 2.41. The van der Waals surface area contributed by atoms with Gasteiger partial charge in [-0.15, -0.1) is 0 Å². The van der Waals surface area contributed by atoms with Gasteiger partial charge in [0, 0.05) is 22.3 Å². The van der Waals surface area contributed by atoms with Crippen LogP contribution in [-0.4, -0.2) is 0 Å². The van der Waals surface area contributed by atoms with Crippen LogP contribution in [-0.2, 0) is 10.8 Å². The Labute approximate surface area is 396 Å². The molecule has 0 fully saturated rings. The summed E-state index contributed by atoms with van der Waals surface area (Å²) in [6.07, 6.45) is 0. The predicted octanol–water partition coefficient (Wildman–Crippen LogP) is 16.8. The lowest BCUT2D eigenvalue weighted by atomic mass is 9.64. The number of para-hydroxylation sites is 3. The van der Waals surface area contributed by atoms with Gasteiger partial charge in [0.2, 0.25) is 0 Å². The summed E-state index contributed by atoms with van der Waals surface area (Å²) in [6.45, 7) is 0. The highest BCUT2D eigenvalue weighted by molar-refractivity contribution is 6.06. The van der Waals surface area contributed by atoms with Crippen molar-refractivity contribution in [3.05, 3.63) is 299 Å². The maximum absolute atomic E-state index is 2.58. The van der Waals surface area contributed by atoms with Crippen LogP contribution in [0.25, 0.3) is 44.2 Å². The van der Waals surface area contributed by atoms with Gasteiger partial charge in [0.1, 0.15) is 0 Å². The van der Waals surface area contributed by atoms with Gasteiger partial charge >= 0.3 is 0 Å². The zero-order valence-electron chi connectivity index (χ0n) is 37.1. The van der Waals surface area contributed by atoms with Crippen LogP contribution in [0.2, 0.25) is 0 Å². The van der Waals surface area contributed by atoms with Gasteiger partial charge in [-0.2, -0.15) is 0 Å². The zero-order chi connectivity index (χ0) is 44.6. The van der Waals surface area contributed by atoms with E-state index in [1.807, 2.05) is 0 Å². The second-order valence-corrected chi connectivity index (χ2v) is 18.7. The van der Waals surface area contributed by atoms with E-state index in [4.69, 9.17) is 0 Å². The average molecular weight is 863 g/mol. The molecule has 11 aromatic carbocycles. The standard InChI is InChI=1S/C66H42N2/c1-2-22-44(23-3-1)67-61-36-16-14-33-56(61)66(57-34-15-17-37-62(57)67)55-32-13-9-28-51(55)64-58(66)35-19-39-63(64)68(60-38-18-21-43-20-4-5-24-46(43)60)45-40-41-50-49-27-8-12-31-54(49)65(59(50)42-45)52-29-10-6-25-47(52)48-26-7-11-30-53(48)65/h1-42H. The largest absolute Gasteiger partial charge is 0.310 e. The summed E-state index contributed by atoms with van der Waals surface area (Å²) in [5.74, 6) is 0. The van der Waals surface area contributed by atoms with Crippen LogP contribution >= 0.6 is 0 Å². The Bertz CT molecular complexity index is 3780. The van der Waals surface area contributed by atoms with Crippen molar-refractivity contribution >= 4 is 44.9 Å². The number of benzene rings is 11. The molecule has 4 aliphatic rings. The summed E-state index contributed by atoms with van der Waals surface area (Å²) in [4.78, 5) is 5.04. The third-order valence-corrected chi connectivity index (χ3v) is 15.6. The molecule has 2 nitrogen and oxygen atoms in total. The summed E-state index contributed by atoms with van der Waals surface area (Å²) >= 11 is 0. The smallest absolute Gasteiger partial charge is 0.0755 e. The number of nitrogens with zero attached hydrogens (tertiary/aromatic N) is 2. The highest BCUT2D eigenvalue weighted by Crippen LogP contribution is 2.67. The van der Waals surface area contributed by atoms with E-state index in [-0.39, 0.29) is 0 Å². The van der Waals surface area contributed by atoms with Crippen molar-refractivity contribution in [3.8, 4) is 33.4 Å². The predicted molar refractivity (Wildman–Crippen MR) is 280 cm³/mol. The molecule has 316 valence electrons. The normalized spacial score (nSPS) is 14.4. The number of hydrogen-bond acceptors (Lipinski definition) is 2. The van der Waals surface area contributed by atoms with Crippen molar-refractivity contribution in [1.82, 2.24) is 0 Å². The lowest BCUT2D eigenvalue weighted by Crippen LogP contribution is -2.36. The molecule has 2 spiro atoms. The first-order valence-electron chi connectivity index (χ1n) is 23.8. The van der Waals surface area contributed by atoms with Gasteiger partial charge in [-0.1, -0.05) is 206 Å². The molecule has 0 bridgehead atoms. The SMILES string of the molecule is c1ccc(N2c3ccccc3C3(c4ccccc4-c4c(N(c5ccc6c(c5)C5(c7ccccc7-c7ccccc75)c5ccccc5-6)c5cccc6ccccc56)cccc43)c3ccccc32)cc1. The van der Waals surface area contributed by atoms with Gasteiger partial charge in [0.05, 0.1) is 33.6 Å². The number of hydrogen-bond donors (Lipinski definition) is 0. The van der Waals surface area contributed by atoms with Gasteiger partial charge in [-0.3, -0.25) is 0 Å². The first-order chi connectivity index (χ1) is 33.8. The van der Waals surface area contributed by atoms with Gasteiger partial charge in [0.25, 0.3) is 0 Å². The number of rotatable bonds is 4. The van der Waals surface area contributed by atoms with E-state index in [1.165, 1.54) is 100 Å². The van der Waals surface area contributed by atoms with Gasteiger partial charge in [-0.05, 0) is 126 Å². The molecule has 0 N–H and O–H groups in total. The maximum atomic E-state index is 2.58. The van der Waals surface area contributed by atoms with E-state index >= 15 is 0 Å². The minimum absolute atomic E-state index is 0.477. The van der Waals surface area contributed by atoms with Crippen LogP contribution in [0.5, 0.6) is 0 Å². The van der Waals surface area contributed by atoms with Crippen molar-refractivity contribution in [2.24, 2.45) is 0 Å². The van der Waals surface area contributed by atoms with Gasteiger partial charge in [0.15, 0.2) is 0 Å². The molecule has 2 heteroatoms. The molecule has 1 aliphatic heterocycles. The third kappa shape index (κ3) is 4.66. The van der Waals surface area contributed by atoms with Crippen LogP contribution in [0.1, 0.15) is 44.5 Å². The first-order valence-corrected chi connectivity index (χ1v) is 23.8. The fraction of sp³-hybridized carbons (Fsp3) is 0.0303. The highest BCUT2D eigenvalue weighted by Gasteiger charge is 2.54. The Morgan fingerprint density at radius 3 is 1.38 bits per heavy atom. The topological polar surface area (TPSA) is 6.48 Å². The van der Waals surface area contributed by atoms with Crippen LogP contribution in [0.15, 0.2) is 255 Å². The molecular weight excluding hydrogens is 821 g/mol. The quantitative estimate of drug-likeness (QED) is 0.174. The Balaban J connectivity index is 1.04. The Morgan fingerprint density at radius 2 is 0.735 bits per heavy atom. The third-order valence-electron chi connectivity index (χ3n) is 15.6. The molecule has 0 amide bonds. The summed E-state index contributed by atoms with van der Waals surface area (Å²) in [6, 6.07) is 95.6. The molecule has 68 heavy (non-hydrogen) atoms. The first kappa shape index (κ1) is 37.5. The Kier molecular flexibility index (Phi) is 7.67. The van der Waals surface area contributed by atoms with E-state index in [9.17, 15) is 0 Å². The molecule has 3 aliphatic carbocycles. The van der Waals surface area contributed by atoms with E-state index in [2.05, 4.69) is 265 Å². The molecule has 0 saturated carbocycles. The minimum atomic E-state index is -0.592. The van der Waals surface area contributed by atoms with E-state index in [0.29, 0.717) is 0 Å². The van der Waals surface area contributed by atoms with Crippen molar-refractivity contribution in [3.63, 3.8) is 0 Å². The molecule has 0 unspecified atom stereocenters. The number of fused-ring (bicyclic) bond motifs is 20. The maximum Gasteiger partial charge on any atom is 0.0755 e. The second-order valence-electron chi connectivity index (χ2n) is 18.7. The van der Waals surface area contributed by atoms with E-state index in [1.54, 1.807) is 0 Å². The van der Waals surface area contributed by atoms with Gasteiger partial charge in [-0.25, -0.2) is 0 Å². The fourth-order valence-electron chi connectivity index (χ4n) is 13.2. The molecule has 0 aromatic heterocycles. The minimum Gasteiger partial charge on any atom is -0.310 e. The lowest BCUT2D eigenvalue weighted by Gasteiger charge is -2.45. The second kappa shape index (κ2) is 13.9. The van der Waals surface area contributed by atoms with Crippen LogP contribution in [0, 0.1) is 0 Å². The molecule has 0 radical (unpaired) electrons. The van der Waals surface area contributed by atoms with E-state index in [0.717, 1.165) is 22.7 Å². The van der Waals surface area contributed by atoms with Crippen LogP contribution in [0.3, 0.4) is 0 Å². The zero-order valence-corrected chi connectivity index (χ0v) is 37.1. The number of anilines is 6. The molecule has 0 saturated heterocycles. The lowest BCUT2D eigenvalue weighted by molar-refractivity contribution is 0.752. The summed E-state index contributed by atoms with van der Waals surface area (Å²) in [7, 11) is 0. The Morgan fingerprint density at radius 1 is 0.294 bits per heavy atom. The molecular formula is C66H42N2. The van der Waals surface area contributed by atoms with Crippen molar-refractivity contribution in [2.75, 3.05) is 9.80 Å².